The summed E-state index contributed by atoms with van der Waals surface area (Å²) in [6.45, 7) is 6.23. The number of halogens is 1. The summed E-state index contributed by atoms with van der Waals surface area (Å²) >= 11 is 5.95. The highest BCUT2D eigenvalue weighted by atomic mass is 35.5. The molecule has 0 aliphatic heterocycles. The molecule has 19 heavy (non-hydrogen) atoms. The molecule has 1 unspecified atom stereocenters. The lowest BCUT2D eigenvalue weighted by molar-refractivity contribution is -0.123. The Morgan fingerprint density at radius 2 is 2.21 bits per heavy atom. The summed E-state index contributed by atoms with van der Waals surface area (Å²) in [7, 11) is 1.84. The van der Waals surface area contributed by atoms with Gasteiger partial charge in [-0.3, -0.25) is 14.0 Å². The third-order valence-electron chi connectivity index (χ3n) is 3.15. The Bertz CT molecular complexity index is 615. The summed E-state index contributed by atoms with van der Waals surface area (Å²) in [6, 6.07) is -0.367. The van der Waals surface area contributed by atoms with Gasteiger partial charge in [0.25, 0.3) is 0 Å². The zero-order valence-electron chi connectivity index (χ0n) is 11.6. The minimum absolute atomic E-state index is 0.0491. The zero-order chi connectivity index (χ0) is 14.2. The van der Waals surface area contributed by atoms with Gasteiger partial charge in [-0.25, -0.2) is 4.98 Å². The van der Waals surface area contributed by atoms with Crippen molar-refractivity contribution in [1.29, 1.82) is 0 Å². The van der Waals surface area contributed by atoms with E-state index < -0.39 is 0 Å². The van der Waals surface area contributed by atoms with Gasteiger partial charge in [0.1, 0.15) is 17.4 Å². The van der Waals surface area contributed by atoms with Crippen LogP contribution in [0.4, 0.5) is 0 Å². The predicted molar refractivity (Wildman–Crippen MR) is 74.2 cm³/mol. The molecule has 1 amide bonds. The molecule has 2 heterocycles. The van der Waals surface area contributed by atoms with Crippen LogP contribution in [0.15, 0.2) is 0 Å². The van der Waals surface area contributed by atoms with Gasteiger partial charge in [-0.2, -0.15) is 5.10 Å². The molecule has 2 aromatic rings. The van der Waals surface area contributed by atoms with Crippen LogP contribution < -0.4 is 5.32 Å². The fourth-order valence-corrected chi connectivity index (χ4v) is 2.47. The Balaban J connectivity index is 2.60. The fraction of sp³-hybridized carbons (Fsp3) is 0.583. The first kappa shape index (κ1) is 13.9. The van der Waals surface area contributed by atoms with Crippen molar-refractivity contribution in [2.45, 2.75) is 32.7 Å². The van der Waals surface area contributed by atoms with Gasteiger partial charge < -0.3 is 5.32 Å². The Kier molecular flexibility index (Phi) is 3.80. The number of carbonyl (C=O) groups excluding carboxylic acids is 1. The van der Waals surface area contributed by atoms with E-state index in [9.17, 15) is 4.79 Å². The number of hydrogen-bond donors (Lipinski definition) is 1. The fourth-order valence-electron chi connectivity index (χ4n) is 2.28. The SMILES string of the molecule is CCNC(=O)C(C)n1c(CCl)nc2c(C)nn(C)c21. The second-order valence-corrected chi connectivity index (χ2v) is 4.75. The molecule has 104 valence electrons. The third kappa shape index (κ3) is 2.20. The first-order chi connectivity index (χ1) is 9.01. The molecule has 2 rings (SSSR count). The number of alkyl halides is 1. The standard InChI is InChI=1S/C12H18ClN5O/c1-5-14-11(19)8(3)18-9(6-13)15-10-7(2)16-17(4)12(10)18/h8H,5-6H2,1-4H3,(H,14,19). The molecular weight excluding hydrogens is 266 g/mol. The van der Waals surface area contributed by atoms with E-state index in [1.807, 2.05) is 32.4 Å². The van der Waals surface area contributed by atoms with Gasteiger partial charge in [-0.15, -0.1) is 11.6 Å². The number of aryl methyl sites for hydroxylation is 2. The number of aromatic nitrogens is 4. The maximum Gasteiger partial charge on any atom is 0.242 e. The van der Waals surface area contributed by atoms with Crippen LogP contribution in [-0.2, 0) is 17.7 Å². The molecule has 7 heteroatoms. The highest BCUT2D eigenvalue weighted by molar-refractivity contribution is 6.16. The lowest BCUT2D eigenvalue weighted by atomic mass is 10.3. The molecule has 1 atom stereocenters. The van der Waals surface area contributed by atoms with Gasteiger partial charge in [-0.1, -0.05) is 0 Å². The number of hydrogen-bond acceptors (Lipinski definition) is 3. The summed E-state index contributed by atoms with van der Waals surface area (Å²) in [6.07, 6.45) is 0. The lowest BCUT2D eigenvalue weighted by Crippen LogP contribution is -2.31. The largest absolute Gasteiger partial charge is 0.355 e. The van der Waals surface area contributed by atoms with Crippen LogP contribution in [0.1, 0.15) is 31.4 Å². The molecular formula is C12H18ClN5O. The molecule has 0 aliphatic rings. The van der Waals surface area contributed by atoms with E-state index in [4.69, 9.17) is 11.6 Å². The van der Waals surface area contributed by atoms with Crippen LogP contribution >= 0.6 is 11.6 Å². The molecule has 1 N–H and O–H groups in total. The number of nitrogens with one attached hydrogen (secondary N) is 1. The minimum Gasteiger partial charge on any atom is -0.355 e. The molecule has 0 radical (unpaired) electrons. The van der Waals surface area contributed by atoms with Crippen LogP contribution in [0.2, 0.25) is 0 Å². The first-order valence-electron chi connectivity index (χ1n) is 6.25. The average Bonchev–Trinajstić information content (AvgIpc) is 2.88. The third-order valence-corrected chi connectivity index (χ3v) is 3.38. The van der Waals surface area contributed by atoms with Gasteiger partial charge in [-0.05, 0) is 20.8 Å². The summed E-state index contributed by atoms with van der Waals surface area (Å²) < 4.78 is 3.59. The van der Waals surface area contributed by atoms with Gasteiger partial charge in [0.15, 0.2) is 5.65 Å². The quantitative estimate of drug-likeness (QED) is 0.865. The number of carbonyl (C=O) groups is 1. The summed E-state index contributed by atoms with van der Waals surface area (Å²) in [5.74, 6) is 0.899. The van der Waals surface area contributed by atoms with Crippen LogP contribution in [0, 0.1) is 6.92 Å². The molecule has 0 aromatic carbocycles. The highest BCUT2D eigenvalue weighted by Gasteiger charge is 2.24. The highest BCUT2D eigenvalue weighted by Crippen LogP contribution is 2.24. The Hall–Kier alpha value is -1.56. The van der Waals surface area contributed by atoms with Crippen molar-refractivity contribution in [2.24, 2.45) is 7.05 Å². The Morgan fingerprint density at radius 3 is 2.79 bits per heavy atom. The van der Waals surface area contributed by atoms with Gasteiger partial charge in [0, 0.05) is 13.6 Å². The second kappa shape index (κ2) is 5.21. The Morgan fingerprint density at radius 1 is 1.53 bits per heavy atom. The molecule has 0 spiro atoms. The number of likely N-dealkylation sites (N-methyl/N-ethyl adjacent to an activating group) is 1. The van der Waals surface area contributed by atoms with Gasteiger partial charge in [0.05, 0.1) is 11.6 Å². The number of imidazole rings is 1. The molecule has 0 saturated carbocycles. The molecule has 2 aromatic heterocycles. The molecule has 0 bridgehead atoms. The second-order valence-electron chi connectivity index (χ2n) is 4.48. The summed E-state index contributed by atoms with van der Waals surface area (Å²) in [5, 5.41) is 7.15. The van der Waals surface area contributed by atoms with Crippen LogP contribution in [-0.4, -0.2) is 31.8 Å². The number of nitrogens with zero attached hydrogens (tertiary/aromatic N) is 4. The van der Waals surface area contributed by atoms with Crippen LogP contribution in [0.25, 0.3) is 11.2 Å². The van der Waals surface area contributed by atoms with E-state index in [0.29, 0.717) is 12.4 Å². The molecule has 0 fully saturated rings. The smallest absolute Gasteiger partial charge is 0.242 e. The maximum atomic E-state index is 12.0. The summed E-state index contributed by atoms with van der Waals surface area (Å²) in [5.41, 5.74) is 2.46. The van der Waals surface area contributed by atoms with E-state index in [2.05, 4.69) is 15.4 Å². The maximum absolute atomic E-state index is 12.0. The number of amides is 1. The van der Waals surface area contributed by atoms with Crippen molar-refractivity contribution in [3.8, 4) is 0 Å². The minimum atomic E-state index is -0.367. The molecule has 6 nitrogen and oxygen atoms in total. The van der Waals surface area contributed by atoms with E-state index >= 15 is 0 Å². The van der Waals surface area contributed by atoms with Crippen molar-refractivity contribution >= 4 is 28.7 Å². The first-order valence-corrected chi connectivity index (χ1v) is 6.78. The summed E-state index contributed by atoms with van der Waals surface area (Å²) in [4.78, 5) is 16.5. The van der Waals surface area contributed by atoms with Crippen molar-refractivity contribution in [3.05, 3.63) is 11.5 Å². The van der Waals surface area contributed by atoms with Crippen molar-refractivity contribution in [3.63, 3.8) is 0 Å². The normalized spacial score (nSPS) is 12.9. The van der Waals surface area contributed by atoms with E-state index in [0.717, 1.165) is 16.9 Å². The van der Waals surface area contributed by atoms with Crippen LogP contribution in [0.3, 0.4) is 0 Å². The van der Waals surface area contributed by atoms with Crippen molar-refractivity contribution < 1.29 is 4.79 Å². The van der Waals surface area contributed by atoms with E-state index in [1.165, 1.54) is 0 Å². The average molecular weight is 284 g/mol. The van der Waals surface area contributed by atoms with Gasteiger partial charge >= 0.3 is 0 Å². The van der Waals surface area contributed by atoms with E-state index in [1.54, 1.807) is 4.68 Å². The lowest BCUT2D eigenvalue weighted by Gasteiger charge is -2.16. The number of fused-ring (bicyclic) bond motifs is 1. The zero-order valence-corrected chi connectivity index (χ0v) is 12.3. The molecule has 0 saturated heterocycles. The molecule has 0 aliphatic carbocycles. The van der Waals surface area contributed by atoms with Crippen molar-refractivity contribution in [1.82, 2.24) is 24.6 Å². The van der Waals surface area contributed by atoms with Gasteiger partial charge in [0.2, 0.25) is 5.91 Å². The van der Waals surface area contributed by atoms with E-state index in [-0.39, 0.29) is 17.8 Å². The van der Waals surface area contributed by atoms with Crippen LogP contribution in [0.5, 0.6) is 0 Å². The van der Waals surface area contributed by atoms with Crippen molar-refractivity contribution in [2.75, 3.05) is 6.54 Å². The topological polar surface area (TPSA) is 64.7 Å². The number of rotatable bonds is 4. The monoisotopic (exact) mass is 283 g/mol. The predicted octanol–water partition coefficient (Wildman–Crippen LogP) is 1.51. The Labute approximate surface area is 116 Å².